The molecule has 0 spiro atoms. The van der Waals surface area contributed by atoms with Gasteiger partial charge >= 0.3 is 0 Å². The second-order valence-electron chi connectivity index (χ2n) is 6.24. The fourth-order valence-corrected chi connectivity index (χ4v) is 3.70. The van der Waals surface area contributed by atoms with Gasteiger partial charge in [-0.1, -0.05) is 0 Å². The number of hydrogen-bond donors (Lipinski definition) is 0. The van der Waals surface area contributed by atoms with Gasteiger partial charge in [-0.05, 0) is 30.5 Å². The monoisotopic (exact) mass is 319 g/mol. The van der Waals surface area contributed by atoms with Gasteiger partial charge < -0.3 is 14.4 Å². The maximum atomic E-state index is 11.9. The molecule has 126 valence electrons. The number of carbonyl (C=O) groups excluding carboxylic acids is 1. The van der Waals surface area contributed by atoms with Gasteiger partial charge in [0.05, 0.1) is 12.1 Å². The Balaban J connectivity index is 1.61. The SMILES string of the molecule is COCC(=O)N1CCC(N2C[C@H](OC)[C@@H]2c2ccncc2)CC1. The second-order valence-corrected chi connectivity index (χ2v) is 6.24. The first kappa shape index (κ1) is 16.4. The summed E-state index contributed by atoms with van der Waals surface area (Å²) in [6, 6.07) is 4.94. The van der Waals surface area contributed by atoms with Gasteiger partial charge in [0.2, 0.25) is 5.91 Å². The van der Waals surface area contributed by atoms with Crippen LogP contribution in [0.2, 0.25) is 0 Å². The highest BCUT2D eigenvalue weighted by atomic mass is 16.5. The van der Waals surface area contributed by atoms with Crippen molar-refractivity contribution in [3.8, 4) is 0 Å². The van der Waals surface area contributed by atoms with Crippen LogP contribution in [0.5, 0.6) is 0 Å². The minimum atomic E-state index is 0.0926. The number of aromatic nitrogens is 1. The van der Waals surface area contributed by atoms with Crippen molar-refractivity contribution < 1.29 is 14.3 Å². The Labute approximate surface area is 137 Å². The molecule has 6 nitrogen and oxygen atoms in total. The largest absolute Gasteiger partial charge is 0.378 e. The maximum absolute atomic E-state index is 11.9. The zero-order chi connectivity index (χ0) is 16.2. The minimum absolute atomic E-state index is 0.0926. The second kappa shape index (κ2) is 7.38. The van der Waals surface area contributed by atoms with Gasteiger partial charge in [-0.3, -0.25) is 14.7 Å². The number of hydrogen-bond acceptors (Lipinski definition) is 5. The summed E-state index contributed by atoms with van der Waals surface area (Å²) >= 11 is 0. The van der Waals surface area contributed by atoms with Crippen LogP contribution in [-0.2, 0) is 14.3 Å². The highest BCUT2D eigenvalue weighted by Crippen LogP contribution is 2.39. The average molecular weight is 319 g/mol. The van der Waals surface area contributed by atoms with Crippen molar-refractivity contribution in [2.75, 3.05) is 40.5 Å². The Bertz CT molecular complexity index is 517. The van der Waals surface area contributed by atoms with E-state index in [1.54, 1.807) is 14.2 Å². The lowest BCUT2D eigenvalue weighted by Crippen LogP contribution is -2.60. The normalized spacial score (nSPS) is 26.1. The smallest absolute Gasteiger partial charge is 0.248 e. The van der Waals surface area contributed by atoms with Gasteiger partial charge in [-0.15, -0.1) is 0 Å². The molecule has 23 heavy (non-hydrogen) atoms. The lowest BCUT2D eigenvalue weighted by molar-refractivity contribution is -0.141. The fourth-order valence-electron chi connectivity index (χ4n) is 3.70. The number of pyridine rings is 1. The molecule has 0 N–H and O–H groups in total. The average Bonchev–Trinajstić information content (AvgIpc) is 2.56. The molecule has 3 heterocycles. The molecule has 1 aromatic heterocycles. The Morgan fingerprint density at radius 2 is 1.96 bits per heavy atom. The van der Waals surface area contributed by atoms with Gasteiger partial charge in [-0.2, -0.15) is 0 Å². The molecule has 2 aliphatic heterocycles. The summed E-state index contributed by atoms with van der Waals surface area (Å²) in [5, 5.41) is 0. The molecular formula is C17H25N3O3. The minimum Gasteiger partial charge on any atom is -0.378 e. The molecular weight excluding hydrogens is 294 g/mol. The molecule has 2 fully saturated rings. The molecule has 2 aliphatic rings. The molecule has 0 bridgehead atoms. The predicted octanol–water partition coefficient (Wildman–Crippen LogP) is 1.09. The van der Waals surface area contributed by atoms with Gasteiger partial charge in [-0.25, -0.2) is 0 Å². The zero-order valence-electron chi connectivity index (χ0n) is 13.9. The Morgan fingerprint density at radius 1 is 1.26 bits per heavy atom. The van der Waals surface area contributed by atoms with E-state index in [1.807, 2.05) is 17.3 Å². The van der Waals surface area contributed by atoms with Crippen LogP contribution in [0, 0.1) is 0 Å². The summed E-state index contributed by atoms with van der Waals surface area (Å²) in [5.74, 6) is 0.0926. The number of rotatable bonds is 5. The van der Waals surface area contributed by atoms with Crippen LogP contribution in [-0.4, -0.2) is 73.3 Å². The first-order chi connectivity index (χ1) is 11.2. The highest BCUT2D eigenvalue weighted by molar-refractivity contribution is 5.77. The molecule has 0 saturated carbocycles. The first-order valence-electron chi connectivity index (χ1n) is 8.19. The van der Waals surface area contributed by atoms with Crippen LogP contribution < -0.4 is 0 Å². The van der Waals surface area contributed by atoms with Crippen molar-refractivity contribution >= 4 is 5.91 Å². The van der Waals surface area contributed by atoms with Gasteiger partial charge in [0.25, 0.3) is 0 Å². The van der Waals surface area contributed by atoms with Gasteiger partial charge in [0.15, 0.2) is 0 Å². The number of carbonyl (C=O) groups is 1. The maximum Gasteiger partial charge on any atom is 0.248 e. The number of methoxy groups -OCH3 is 2. The summed E-state index contributed by atoms with van der Waals surface area (Å²) in [6.07, 6.45) is 5.93. The molecule has 0 radical (unpaired) electrons. The van der Waals surface area contributed by atoms with Crippen molar-refractivity contribution in [2.24, 2.45) is 0 Å². The topological polar surface area (TPSA) is 54.9 Å². The highest BCUT2D eigenvalue weighted by Gasteiger charge is 2.44. The van der Waals surface area contributed by atoms with Crippen molar-refractivity contribution in [1.29, 1.82) is 0 Å². The quantitative estimate of drug-likeness (QED) is 0.813. The summed E-state index contributed by atoms with van der Waals surface area (Å²) in [4.78, 5) is 20.4. The lowest BCUT2D eigenvalue weighted by Gasteiger charge is -2.53. The summed E-state index contributed by atoms with van der Waals surface area (Å²) in [7, 11) is 3.34. The van der Waals surface area contributed by atoms with E-state index in [0.717, 1.165) is 32.5 Å². The summed E-state index contributed by atoms with van der Waals surface area (Å²) in [6.45, 7) is 2.76. The van der Waals surface area contributed by atoms with Crippen LogP contribution in [0.3, 0.4) is 0 Å². The van der Waals surface area contributed by atoms with E-state index in [0.29, 0.717) is 12.1 Å². The van der Waals surface area contributed by atoms with Crippen LogP contribution in [0.25, 0.3) is 0 Å². The van der Waals surface area contributed by atoms with Gasteiger partial charge in [0, 0.05) is 52.3 Å². The fraction of sp³-hybridized carbons (Fsp3) is 0.647. The van der Waals surface area contributed by atoms with Crippen LogP contribution >= 0.6 is 0 Å². The van der Waals surface area contributed by atoms with E-state index in [1.165, 1.54) is 5.56 Å². The van der Waals surface area contributed by atoms with E-state index in [2.05, 4.69) is 22.0 Å². The Morgan fingerprint density at radius 3 is 2.57 bits per heavy atom. The Hall–Kier alpha value is -1.50. The van der Waals surface area contributed by atoms with Crippen molar-refractivity contribution in [2.45, 2.75) is 31.0 Å². The summed E-state index contributed by atoms with van der Waals surface area (Å²) < 4.78 is 10.6. The number of ether oxygens (including phenoxy) is 2. The standard InChI is InChI=1S/C17H25N3O3/c1-22-12-16(21)19-9-5-14(6-10-19)20-11-15(23-2)17(20)13-3-7-18-8-4-13/h3-4,7-8,14-15,17H,5-6,9-12H2,1-2H3/t15-,17-/m0/s1. The zero-order valence-corrected chi connectivity index (χ0v) is 13.9. The number of likely N-dealkylation sites (tertiary alicyclic amines) is 2. The molecule has 0 aromatic carbocycles. The van der Waals surface area contributed by atoms with E-state index in [9.17, 15) is 4.79 Å². The molecule has 2 saturated heterocycles. The van der Waals surface area contributed by atoms with Gasteiger partial charge in [0.1, 0.15) is 6.61 Å². The molecule has 1 amide bonds. The van der Waals surface area contributed by atoms with Crippen LogP contribution in [0.1, 0.15) is 24.4 Å². The number of nitrogens with zero attached hydrogens (tertiary/aromatic N) is 3. The molecule has 0 unspecified atom stereocenters. The molecule has 6 heteroatoms. The third-order valence-electron chi connectivity index (χ3n) is 5.00. The number of amides is 1. The Kier molecular flexibility index (Phi) is 5.25. The van der Waals surface area contributed by atoms with E-state index in [-0.39, 0.29) is 18.6 Å². The molecule has 1 aromatic rings. The lowest BCUT2D eigenvalue weighted by atomic mass is 9.87. The molecule has 0 aliphatic carbocycles. The third kappa shape index (κ3) is 3.39. The van der Waals surface area contributed by atoms with Crippen molar-refractivity contribution in [1.82, 2.24) is 14.8 Å². The first-order valence-corrected chi connectivity index (χ1v) is 8.19. The van der Waals surface area contributed by atoms with Crippen molar-refractivity contribution in [3.05, 3.63) is 30.1 Å². The molecule has 3 rings (SSSR count). The van der Waals surface area contributed by atoms with E-state index >= 15 is 0 Å². The molecule has 2 atom stereocenters. The third-order valence-corrected chi connectivity index (χ3v) is 5.00. The predicted molar refractivity (Wildman–Crippen MR) is 86.0 cm³/mol. The van der Waals surface area contributed by atoms with Crippen LogP contribution in [0.15, 0.2) is 24.5 Å². The van der Waals surface area contributed by atoms with E-state index in [4.69, 9.17) is 9.47 Å². The van der Waals surface area contributed by atoms with Crippen LogP contribution in [0.4, 0.5) is 0 Å². The van der Waals surface area contributed by atoms with E-state index < -0.39 is 0 Å². The summed E-state index contributed by atoms with van der Waals surface area (Å²) in [5.41, 5.74) is 1.26. The van der Waals surface area contributed by atoms with Crippen molar-refractivity contribution in [3.63, 3.8) is 0 Å². The number of piperidine rings is 1.